The fourth-order valence-electron chi connectivity index (χ4n) is 2.92. The number of hydrogen-bond acceptors (Lipinski definition) is 4. The lowest BCUT2D eigenvalue weighted by Gasteiger charge is -2.25. The van der Waals surface area contributed by atoms with Crippen molar-refractivity contribution in [3.63, 3.8) is 0 Å². The lowest BCUT2D eigenvalue weighted by molar-refractivity contribution is 0.130. The van der Waals surface area contributed by atoms with Gasteiger partial charge in [0, 0.05) is 19.5 Å². The molecule has 0 spiro atoms. The number of aryl methyl sites for hydroxylation is 1. The van der Waals surface area contributed by atoms with E-state index < -0.39 is 6.10 Å². The molecule has 0 radical (unpaired) electrons. The minimum atomic E-state index is -0.407. The summed E-state index contributed by atoms with van der Waals surface area (Å²) < 4.78 is 1.89. The molecule has 2 aliphatic heterocycles. The van der Waals surface area contributed by atoms with E-state index in [9.17, 15) is 5.11 Å². The summed E-state index contributed by atoms with van der Waals surface area (Å²) in [6, 6.07) is 0. The monoisotopic (exact) mass is 250 g/mol. The van der Waals surface area contributed by atoms with E-state index in [1.165, 1.54) is 32.4 Å². The van der Waals surface area contributed by atoms with Crippen molar-refractivity contribution < 1.29 is 5.11 Å². The summed E-state index contributed by atoms with van der Waals surface area (Å²) >= 11 is 0. The first-order valence-electron chi connectivity index (χ1n) is 7.17. The fraction of sp³-hybridized carbons (Fsp3) is 0.846. The Morgan fingerprint density at radius 3 is 2.72 bits per heavy atom. The van der Waals surface area contributed by atoms with Gasteiger partial charge in [0.2, 0.25) is 0 Å². The van der Waals surface area contributed by atoms with E-state index in [4.69, 9.17) is 0 Å². The maximum atomic E-state index is 9.86. The van der Waals surface area contributed by atoms with E-state index in [1.807, 2.05) is 4.68 Å². The van der Waals surface area contributed by atoms with Crippen LogP contribution in [0.15, 0.2) is 0 Å². The number of piperidine rings is 1. The summed E-state index contributed by atoms with van der Waals surface area (Å²) in [5, 5.41) is 14.4. The van der Waals surface area contributed by atoms with Crippen LogP contribution in [0.5, 0.6) is 0 Å². The predicted molar refractivity (Wildman–Crippen MR) is 68.2 cm³/mol. The Labute approximate surface area is 108 Å². The highest BCUT2D eigenvalue weighted by molar-refractivity contribution is 4.99. The second kappa shape index (κ2) is 5.36. The van der Waals surface area contributed by atoms with Gasteiger partial charge < -0.3 is 10.0 Å². The van der Waals surface area contributed by atoms with Crippen LogP contribution in [0, 0.1) is 0 Å². The number of likely N-dealkylation sites (tertiary alicyclic amines) is 1. The third-order valence-corrected chi connectivity index (χ3v) is 3.99. The van der Waals surface area contributed by atoms with Crippen LogP contribution < -0.4 is 0 Å². The zero-order chi connectivity index (χ0) is 12.4. The molecule has 18 heavy (non-hydrogen) atoms. The maximum absolute atomic E-state index is 9.86. The molecule has 100 valence electrons. The van der Waals surface area contributed by atoms with Crippen LogP contribution in [0.4, 0.5) is 0 Å². The topological polar surface area (TPSA) is 54.2 Å². The summed E-state index contributed by atoms with van der Waals surface area (Å²) in [6.07, 6.45) is 6.35. The molecule has 1 aromatic heterocycles. The van der Waals surface area contributed by atoms with Gasteiger partial charge in [0.1, 0.15) is 6.10 Å². The van der Waals surface area contributed by atoms with Crippen molar-refractivity contribution in [3.8, 4) is 0 Å². The zero-order valence-corrected chi connectivity index (χ0v) is 10.9. The minimum absolute atomic E-state index is 0.407. The van der Waals surface area contributed by atoms with E-state index in [1.54, 1.807) is 0 Å². The largest absolute Gasteiger partial charge is 0.385 e. The van der Waals surface area contributed by atoms with Crippen LogP contribution in [0.25, 0.3) is 0 Å². The smallest absolute Gasteiger partial charge is 0.156 e. The Bertz CT molecular complexity index is 398. The predicted octanol–water partition coefficient (Wildman–Crippen LogP) is 1.13. The molecule has 1 fully saturated rings. The van der Waals surface area contributed by atoms with Gasteiger partial charge >= 0.3 is 0 Å². The molecule has 5 heteroatoms. The summed E-state index contributed by atoms with van der Waals surface area (Å²) in [7, 11) is 0. The average Bonchev–Trinajstić information content (AvgIpc) is 2.82. The molecule has 2 aliphatic rings. The Kier molecular flexibility index (Phi) is 3.61. The minimum Gasteiger partial charge on any atom is -0.385 e. The lowest BCUT2D eigenvalue weighted by atomic mass is 10.1. The van der Waals surface area contributed by atoms with E-state index >= 15 is 0 Å². The average molecular weight is 250 g/mol. The number of aliphatic hydroxyl groups excluding tert-OH is 1. The van der Waals surface area contributed by atoms with Crippen LogP contribution in [0.1, 0.15) is 49.9 Å². The van der Waals surface area contributed by atoms with Crippen molar-refractivity contribution >= 4 is 0 Å². The van der Waals surface area contributed by atoms with Gasteiger partial charge in [-0.05, 0) is 38.8 Å². The van der Waals surface area contributed by atoms with Crippen molar-refractivity contribution in [1.29, 1.82) is 0 Å². The fourth-order valence-corrected chi connectivity index (χ4v) is 2.92. The van der Waals surface area contributed by atoms with Crippen molar-refractivity contribution in [2.75, 3.05) is 19.6 Å². The van der Waals surface area contributed by atoms with E-state index in [2.05, 4.69) is 15.0 Å². The van der Waals surface area contributed by atoms with Crippen LogP contribution in [-0.4, -0.2) is 44.4 Å². The van der Waals surface area contributed by atoms with Gasteiger partial charge in [-0.15, -0.1) is 0 Å². The second-order valence-electron chi connectivity index (χ2n) is 5.42. The molecule has 3 rings (SSSR count). The van der Waals surface area contributed by atoms with Crippen LogP contribution in [0.2, 0.25) is 0 Å². The third kappa shape index (κ3) is 2.57. The molecule has 0 saturated carbocycles. The standard InChI is InChI=1S/C13H22N4O/c18-11-5-4-9-17-13(11)14-12(15-17)6-10-16-7-2-1-3-8-16/h11,18H,1-10H2. The highest BCUT2D eigenvalue weighted by Crippen LogP contribution is 2.22. The molecule has 1 N–H and O–H groups in total. The van der Waals surface area contributed by atoms with Gasteiger partial charge in [0.25, 0.3) is 0 Å². The molecule has 1 saturated heterocycles. The van der Waals surface area contributed by atoms with Crippen LogP contribution >= 0.6 is 0 Å². The number of hydrogen-bond donors (Lipinski definition) is 1. The second-order valence-corrected chi connectivity index (χ2v) is 5.42. The molecular formula is C13H22N4O. The molecule has 5 nitrogen and oxygen atoms in total. The van der Waals surface area contributed by atoms with Gasteiger partial charge in [0.15, 0.2) is 11.6 Å². The molecule has 0 aliphatic carbocycles. The van der Waals surface area contributed by atoms with Gasteiger partial charge in [-0.3, -0.25) is 0 Å². The number of rotatable bonds is 3. The van der Waals surface area contributed by atoms with Crippen molar-refractivity contribution in [2.24, 2.45) is 0 Å². The summed E-state index contributed by atoms with van der Waals surface area (Å²) in [5.74, 6) is 1.67. The SMILES string of the molecule is OC1CCCn2nc(CCN3CCCCC3)nc21. The van der Waals surface area contributed by atoms with Gasteiger partial charge in [-0.1, -0.05) is 6.42 Å². The summed E-state index contributed by atoms with van der Waals surface area (Å²) in [4.78, 5) is 6.99. The quantitative estimate of drug-likeness (QED) is 0.874. The first-order chi connectivity index (χ1) is 8.83. The molecule has 0 bridgehead atoms. The molecule has 0 aromatic carbocycles. The Morgan fingerprint density at radius 1 is 1.11 bits per heavy atom. The molecular weight excluding hydrogens is 228 g/mol. The van der Waals surface area contributed by atoms with E-state index in [0.29, 0.717) is 0 Å². The third-order valence-electron chi connectivity index (χ3n) is 3.99. The van der Waals surface area contributed by atoms with Gasteiger partial charge in [0.05, 0.1) is 0 Å². The Morgan fingerprint density at radius 2 is 1.94 bits per heavy atom. The highest BCUT2D eigenvalue weighted by Gasteiger charge is 2.22. The molecule has 1 atom stereocenters. The molecule has 1 aromatic rings. The van der Waals surface area contributed by atoms with Gasteiger partial charge in [-0.2, -0.15) is 5.10 Å². The normalized spacial score (nSPS) is 25.1. The zero-order valence-electron chi connectivity index (χ0n) is 10.9. The first-order valence-corrected chi connectivity index (χ1v) is 7.17. The number of aliphatic hydroxyl groups is 1. The van der Waals surface area contributed by atoms with Crippen LogP contribution in [0.3, 0.4) is 0 Å². The van der Waals surface area contributed by atoms with Crippen molar-refractivity contribution in [3.05, 3.63) is 11.6 Å². The molecule has 0 amide bonds. The summed E-state index contributed by atoms with van der Waals surface area (Å²) in [5.41, 5.74) is 0. The maximum Gasteiger partial charge on any atom is 0.156 e. The number of aromatic nitrogens is 3. The summed E-state index contributed by atoms with van der Waals surface area (Å²) in [6.45, 7) is 4.40. The van der Waals surface area contributed by atoms with E-state index in [-0.39, 0.29) is 0 Å². The van der Waals surface area contributed by atoms with Crippen molar-refractivity contribution in [2.45, 2.75) is 51.2 Å². The van der Waals surface area contributed by atoms with E-state index in [0.717, 1.165) is 44.0 Å². The molecule has 3 heterocycles. The Balaban J connectivity index is 1.59. The van der Waals surface area contributed by atoms with Crippen LogP contribution in [-0.2, 0) is 13.0 Å². The number of nitrogens with zero attached hydrogens (tertiary/aromatic N) is 4. The van der Waals surface area contributed by atoms with Gasteiger partial charge in [-0.25, -0.2) is 9.67 Å². The lowest BCUT2D eigenvalue weighted by Crippen LogP contribution is -2.31. The molecule has 1 unspecified atom stereocenters. The first kappa shape index (κ1) is 12.1. The Hall–Kier alpha value is -0.940. The highest BCUT2D eigenvalue weighted by atomic mass is 16.3. The van der Waals surface area contributed by atoms with Crippen molar-refractivity contribution in [1.82, 2.24) is 19.7 Å². The number of fused-ring (bicyclic) bond motifs is 1.